The Bertz CT molecular complexity index is 650. The van der Waals surface area contributed by atoms with Gasteiger partial charge < -0.3 is 5.32 Å². The van der Waals surface area contributed by atoms with Crippen molar-refractivity contribution in [3.8, 4) is 0 Å². The normalized spacial score (nSPS) is 15.2. The average Bonchev–Trinajstić information content (AvgIpc) is 2.32. The van der Waals surface area contributed by atoms with Gasteiger partial charge in [-0.2, -0.15) is 0 Å². The zero-order valence-electron chi connectivity index (χ0n) is 10.7. The summed E-state index contributed by atoms with van der Waals surface area (Å²) in [5, 5.41) is 15.2. The van der Waals surface area contributed by atoms with Gasteiger partial charge in [0.15, 0.2) is 0 Å². The molecule has 0 unspecified atom stereocenters. The molecule has 0 spiro atoms. The maximum Gasteiger partial charge on any atom is 0.270 e. The van der Waals surface area contributed by atoms with Crippen molar-refractivity contribution in [2.75, 3.05) is 5.32 Å². The van der Waals surface area contributed by atoms with Crippen LogP contribution >= 0.6 is 0 Å². The second-order valence-corrected chi connectivity index (χ2v) is 5.04. The topological polar surface area (TPSA) is 68.1 Å². The highest BCUT2D eigenvalue weighted by atomic mass is 16.6. The van der Waals surface area contributed by atoms with Crippen LogP contribution < -0.4 is 5.32 Å². The van der Waals surface area contributed by atoms with Gasteiger partial charge in [-0.3, -0.25) is 15.1 Å². The molecule has 1 saturated carbocycles. The fourth-order valence-electron chi connectivity index (χ4n) is 2.35. The van der Waals surface area contributed by atoms with Crippen molar-refractivity contribution in [3.05, 3.63) is 40.1 Å². The zero-order valence-corrected chi connectivity index (χ0v) is 10.7. The molecule has 1 aliphatic rings. The van der Waals surface area contributed by atoms with Crippen molar-refractivity contribution >= 4 is 22.3 Å². The summed E-state index contributed by atoms with van der Waals surface area (Å²) in [6.45, 7) is 1.94. The first-order valence-electron chi connectivity index (χ1n) is 6.46. The summed E-state index contributed by atoms with van der Waals surface area (Å²) in [6, 6.07) is 7.27. The molecule has 19 heavy (non-hydrogen) atoms. The Labute approximate surface area is 110 Å². The van der Waals surface area contributed by atoms with E-state index >= 15 is 0 Å². The zero-order chi connectivity index (χ0) is 13.4. The lowest BCUT2D eigenvalue weighted by atomic mass is 9.92. The molecule has 98 valence electrons. The van der Waals surface area contributed by atoms with Crippen LogP contribution in [0.15, 0.2) is 24.3 Å². The molecule has 5 nitrogen and oxygen atoms in total. The second kappa shape index (κ2) is 4.50. The highest BCUT2D eigenvalue weighted by molar-refractivity contribution is 5.93. The molecule has 5 heteroatoms. The smallest absolute Gasteiger partial charge is 0.270 e. The van der Waals surface area contributed by atoms with Crippen molar-refractivity contribution in [3.63, 3.8) is 0 Å². The maximum atomic E-state index is 10.9. The van der Waals surface area contributed by atoms with Crippen molar-refractivity contribution in [2.24, 2.45) is 0 Å². The lowest BCUT2D eigenvalue weighted by molar-refractivity contribution is -0.384. The Morgan fingerprint density at radius 3 is 2.79 bits per heavy atom. The van der Waals surface area contributed by atoms with Crippen molar-refractivity contribution in [2.45, 2.75) is 32.2 Å². The highest BCUT2D eigenvalue weighted by Gasteiger charge is 2.19. The number of anilines is 1. The van der Waals surface area contributed by atoms with Gasteiger partial charge in [0.1, 0.15) is 0 Å². The second-order valence-electron chi connectivity index (χ2n) is 5.04. The molecule has 0 bridgehead atoms. The summed E-state index contributed by atoms with van der Waals surface area (Å²) in [5.41, 5.74) is 2.78. The van der Waals surface area contributed by atoms with Crippen molar-refractivity contribution < 1.29 is 4.92 Å². The van der Waals surface area contributed by atoms with Crippen LogP contribution in [0.25, 0.3) is 10.9 Å². The van der Waals surface area contributed by atoms with Gasteiger partial charge in [0.25, 0.3) is 5.69 Å². The van der Waals surface area contributed by atoms with Gasteiger partial charge >= 0.3 is 0 Å². The molecule has 0 atom stereocenters. The summed E-state index contributed by atoms with van der Waals surface area (Å²) < 4.78 is 0. The number of fused-ring (bicyclic) bond motifs is 1. The average molecular weight is 257 g/mol. The van der Waals surface area contributed by atoms with Crippen LogP contribution in [0.2, 0.25) is 0 Å². The first-order valence-corrected chi connectivity index (χ1v) is 6.46. The van der Waals surface area contributed by atoms with Crippen molar-refractivity contribution in [1.29, 1.82) is 0 Å². The minimum absolute atomic E-state index is 0.106. The molecule has 1 N–H and O–H groups in total. The number of pyridine rings is 1. The quantitative estimate of drug-likeness (QED) is 0.675. The predicted molar refractivity (Wildman–Crippen MR) is 74.4 cm³/mol. The molecule has 0 saturated heterocycles. The third kappa shape index (κ3) is 2.23. The molecule has 2 aromatic rings. The Kier molecular flexibility index (Phi) is 2.81. The number of nitrogens with zero attached hydrogens (tertiary/aromatic N) is 2. The van der Waals surface area contributed by atoms with Crippen LogP contribution in [0.4, 0.5) is 11.4 Å². The van der Waals surface area contributed by atoms with E-state index in [0.717, 1.165) is 35.1 Å². The van der Waals surface area contributed by atoms with Crippen LogP contribution in [-0.4, -0.2) is 15.9 Å². The standard InChI is InChI=1S/C14H15N3O2/c1-9-7-14(16-10-3-2-4-10)12-8-11(17(18)19)5-6-13(12)15-9/h5-8,10H,2-4H2,1H3,(H,15,16). The summed E-state index contributed by atoms with van der Waals surface area (Å²) in [4.78, 5) is 14.9. The number of rotatable bonds is 3. The molecule has 3 rings (SSSR count). The van der Waals surface area contributed by atoms with Gasteiger partial charge in [-0.15, -0.1) is 0 Å². The SMILES string of the molecule is Cc1cc(NC2CCC2)c2cc([N+](=O)[O-])ccc2n1. The minimum atomic E-state index is -0.369. The number of hydrogen-bond acceptors (Lipinski definition) is 4. The third-order valence-electron chi connectivity index (χ3n) is 3.60. The summed E-state index contributed by atoms with van der Waals surface area (Å²) >= 11 is 0. The molecule has 1 fully saturated rings. The molecule has 1 aromatic heterocycles. The Balaban J connectivity index is 2.10. The molecule has 0 amide bonds. The minimum Gasteiger partial charge on any atom is -0.382 e. The van der Waals surface area contributed by atoms with E-state index in [0.29, 0.717) is 6.04 Å². The lowest BCUT2D eigenvalue weighted by Gasteiger charge is -2.28. The summed E-state index contributed by atoms with van der Waals surface area (Å²) in [6.07, 6.45) is 3.58. The van der Waals surface area contributed by atoms with E-state index in [9.17, 15) is 10.1 Å². The maximum absolute atomic E-state index is 10.9. The first-order chi connectivity index (χ1) is 9.13. The van der Waals surface area contributed by atoms with Gasteiger partial charge in [-0.25, -0.2) is 0 Å². The number of non-ortho nitro benzene ring substituents is 1. The number of nitro benzene ring substituents is 1. The van der Waals surface area contributed by atoms with E-state index in [-0.39, 0.29) is 10.6 Å². The predicted octanol–water partition coefficient (Wildman–Crippen LogP) is 3.42. The number of aromatic nitrogens is 1. The van der Waals surface area contributed by atoms with Gasteiger partial charge in [0.2, 0.25) is 0 Å². The van der Waals surface area contributed by atoms with Crippen LogP contribution in [0.5, 0.6) is 0 Å². The largest absolute Gasteiger partial charge is 0.382 e. The Hall–Kier alpha value is -2.17. The molecule has 1 aliphatic carbocycles. The van der Waals surface area contributed by atoms with Gasteiger partial charge in [-0.1, -0.05) is 0 Å². The number of nitro groups is 1. The summed E-state index contributed by atoms with van der Waals surface area (Å²) in [7, 11) is 0. The van der Waals surface area contributed by atoms with Crippen LogP contribution in [0.3, 0.4) is 0 Å². The Morgan fingerprint density at radius 2 is 2.16 bits per heavy atom. The van der Waals surface area contributed by atoms with Gasteiger partial charge in [-0.05, 0) is 38.3 Å². The Morgan fingerprint density at radius 1 is 1.37 bits per heavy atom. The van der Waals surface area contributed by atoms with E-state index in [4.69, 9.17) is 0 Å². The third-order valence-corrected chi connectivity index (χ3v) is 3.60. The number of aryl methyl sites for hydroxylation is 1. The van der Waals surface area contributed by atoms with E-state index < -0.39 is 0 Å². The van der Waals surface area contributed by atoms with E-state index in [2.05, 4.69) is 10.3 Å². The highest BCUT2D eigenvalue weighted by Crippen LogP contribution is 2.30. The number of benzene rings is 1. The number of hydrogen-bond donors (Lipinski definition) is 1. The summed E-state index contributed by atoms with van der Waals surface area (Å²) in [5.74, 6) is 0. The van der Waals surface area contributed by atoms with E-state index in [1.54, 1.807) is 12.1 Å². The molecular formula is C14H15N3O2. The lowest BCUT2D eigenvalue weighted by Crippen LogP contribution is -2.27. The van der Waals surface area contributed by atoms with Crippen molar-refractivity contribution in [1.82, 2.24) is 4.98 Å². The number of nitrogens with one attached hydrogen (secondary N) is 1. The fourth-order valence-corrected chi connectivity index (χ4v) is 2.35. The molecule has 0 aliphatic heterocycles. The van der Waals surface area contributed by atoms with Crippen LogP contribution in [0.1, 0.15) is 25.0 Å². The first kappa shape index (κ1) is 11.9. The molecule has 1 heterocycles. The van der Waals surface area contributed by atoms with E-state index in [1.165, 1.54) is 12.5 Å². The molecular weight excluding hydrogens is 242 g/mol. The van der Waals surface area contributed by atoms with Crippen LogP contribution in [-0.2, 0) is 0 Å². The monoisotopic (exact) mass is 257 g/mol. The fraction of sp³-hybridized carbons (Fsp3) is 0.357. The van der Waals surface area contributed by atoms with Gasteiger partial charge in [0, 0.05) is 34.9 Å². The van der Waals surface area contributed by atoms with Crippen LogP contribution in [0, 0.1) is 17.0 Å². The van der Waals surface area contributed by atoms with E-state index in [1.807, 2.05) is 13.0 Å². The molecule has 0 radical (unpaired) electrons. The van der Waals surface area contributed by atoms with Gasteiger partial charge in [0.05, 0.1) is 10.4 Å². The molecule has 1 aromatic carbocycles.